The van der Waals surface area contributed by atoms with Crippen molar-refractivity contribution >= 4 is 17.3 Å². The van der Waals surface area contributed by atoms with Crippen LogP contribution in [-0.4, -0.2) is 29.6 Å². The van der Waals surface area contributed by atoms with Gasteiger partial charge < -0.3 is 10.4 Å². The summed E-state index contributed by atoms with van der Waals surface area (Å²) in [6.07, 6.45) is -0.745. The Morgan fingerprint density at radius 3 is 2.78 bits per heavy atom. The zero-order valence-corrected chi connectivity index (χ0v) is 10.6. The second-order valence-corrected chi connectivity index (χ2v) is 5.08. The van der Waals surface area contributed by atoms with Gasteiger partial charge in [0.05, 0.1) is 12.0 Å². The number of hydrogen-bond donors (Lipinski definition) is 2. The van der Waals surface area contributed by atoms with Crippen molar-refractivity contribution in [3.05, 3.63) is 29.8 Å². The Bertz CT molecular complexity index is 406. The fourth-order valence-corrected chi connectivity index (χ4v) is 2.20. The van der Waals surface area contributed by atoms with Crippen molar-refractivity contribution in [2.45, 2.75) is 30.8 Å². The molecule has 1 fully saturated rings. The van der Waals surface area contributed by atoms with E-state index in [4.69, 9.17) is 11.6 Å². The van der Waals surface area contributed by atoms with Crippen molar-refractivity contribution in [2.24, 2.45) is 0 Å². The van der Waals surface area contributed by atoms with Crippen molar-refractivity contribution < 1.29 is 13.9 Å². The molecule has 0 bridgehead atoms. The summed E-state index contributed by atoms with van der Waals surface area (Å²) in [5.74, 6) is -2.38. The van der Waals surface area contributed by atoms with Crippen LogP contribution in [0.15, 0.2) is 24.3 Å². The zero-order chi connectivity index (χ0) is 13.2. The lowest BCUT2D eigenvalue weighted by atomic mass is 9.77. The summed E-state index contributed by atoms with van der Waals surface area (Å²) in [6, 6.07) is 7.41. The van der Waals surface area contributed by atoms with E-state index in [0.717, 1.165) is 11.3 Å². The molecule has 100 valence electrons. The number of aliphatic hydroxyl groups excluding tert-OH is 1. The van der Waals surface area contributed by atoms with E-state index in [1.807, 2.05) is 24.3 Å². The highest BCUT2D eigenvalue weighted by Gasteiger charge is 2.45. The Labute approximate surface area is 110 Å². The van der Waals surface area contributed by atoms with E-state index >= 15 is 0 Å². The SMILES string of the molecule is OC(CCl)CNc1cccc(C2CC(F)(F)C2)c1. The van der Waals surface area contributed by atoms with Crippen molar-refractivity contribution in [1.29, 1.82) is 0 Å². The molecule has 0 aromatic heterocycles. The molecule has 1 aliphatic carbocycles. The highest BCUT2D eigenvalue weighted by atomic mass is 35.5. The van der Waals surface area contributed by atoms with Crippen LogP contribution in [0.5, 0.6) is 0 Å². The first kappa shape index (κ1) is 13.6. The molecule has 1 atom stereocenters. The molecule has 1 unspecified atom stereocenters. The molecule has 18 heavy (non-hydrogen) atoms. The molecule has 1 saturated carbocycles. The van der Waals surface area contributed by atoms with Gasteiger partial charge in [0.25, 0.3) is 0 Å². The first-order valence-electron chi connectivity index (χ1n) is 5.96. The molecule has 0 amide bonds. The van der Waals surface area contributed by atoms with Gasteiger partial charge in [-0.2, -0.15) is 0 Å². The molecule has 1 aliphatic rings. The number of benzene rings is 1. The number of hydrogen-bond acceptors (Lipinski definition) is 2. The summed E-state index contributed by atoms with van der Waals surface area (Å²) in [5, 5.41) is 12.4. The van der Waals surface area contributed by atoms with E-state index in [0.29, 0.717) is 6.54 Å². The van der Waals surface area contributed by atoms with Crippen LogP contribution in [0.3, 0.4) is 0 Å². The van der Waals surface area contributed by atoms with E-state index in [9.17, 15) is 13.9 Å². The predicted octanol–water partition coefficient (Wildman–Crippen LogP) is 3.21. The lowest BCUT2D eigenvalue weighted by Gasteiger charge is -2.35. The highest BCUT2D eigenvalue weighted by molar-refractivity contribution is 6.18. The largest absolute Gasteiger partial charge is 0.390 e. The third-order valence-electron chi connectivity index (χ3n) is 3.17. The van der Waals surface area contributed by atoms with Gasteiger partial charge in [-0.3, -0.25) is 0 Å². The third kappa shape index (κ3) is 3.33. The molecule has 1 aromatic rings. The quantitative estimate of drug-likeness (QED) is 0.809. The van der Waals surface area contributed by atoms with Crippen molar-refractivity contribution in [3.8, 4) is 0 Å². The van der Waals surface area contributed by atoms with Crippen molar-refractivity contribution in [1.82, 2.24) is 0 Å². The fraction of sp³-hybridized carbons (Fsp3) is 0.538. The van der Waals surface area contributed by atoms with Crippen LogP contribution in [0.25, 0.3) is 0 Å². The lowest BCUT2D eigenvalue weighted by Crippen LogP contribution is -2.33. The predicted molar refractivity (Wildman–Crippen MR) is 68.6 cm³/mol. The average molecular weight is 276 g/mol. The average Bonchev–Trinajstić information content (AvgIpc) is 2.33. The molecule has 0 saturated heterocycles. The monoisotopic (exact) mass is 275 g/mol. The molecule has 2 nitrogen and oxygen atoms in total. The third-order valence-corrected chi connectivity index (χ3v) is 3.52. The van der Waals surface area contributed by atoms with Crippen LogP contribution in [0.1, 0.15) is 24.3 Å². The molecule has 2 rings (SSSR count). The maximum absolute atomic E-state index is 12.8. The van der Waals surface area contributed by atoms with Gasteiger partial charge in [0.15, 0.2) is 0 Å². The standard InChI is InChI=1S/C13H16ClF2NO/c14-7-12(18)8-17-11-3-1-2-9(4-11)10-5-13(15,16)6-10/h1-4,10,12,17-18H,5-8H2. The molecule has 1 aromatic carbocycles. The summed E-state index contributed by atoms with van der Waals surface area (Å²) in [4.78, 5) is 0. The number of aliphatic hydroxyl groups is 1. The lowest BCUT2D eigenvalue weighted by molar-refractivity contribution is -0.0867. The van der Waals surface area contributed by atoms with Gasteiger partial charge in [0, 0.05) is 25.1 Å². The number of alkyl halides is 3. The van der Waals surface area contributed by atoms with Crippen LogP contribution in [0, 0.1) is 0 Å². The second kappa shape index (κ2) is 5.41. The van der Waals surface area contributed by atoms with E-state index < -0.39 is 12.0 Å². The summed E-state index contributed by atoms with van der Waals surface area (Å²) in [7, 11) is 0. The maximum Gasteiger partial charge on any atom is 0.249 e. The first-order valence-corrected chi connectivity index (χ1v) is 6.49. The van der Waals surface area contributed by atoms with Gasteiger partial charge in [-0.15, -0.1) is 11.6 Å². The van der Waals surface area contributed by atoms with Crippen molar-refractivity contribution in [3.63, 3.8) is 0 Å². The van der Waals surface area contributed by atoms with Crippen LogP contribution in [0.4, 0.5) is 14.5 Å². The Morgan fingerprint density at radius 2 is 2.17 bits per heavy atom. The molecular formula is C13H16ClF2NO. The molecule has 2 N–H and O–H groups in total. The van der Waals surface area contributed by atoms with Gasteiger partial charge >= 0.3 is 0 Å². The van der Waals surface area contributed by atoms with E-state index in [-0.39, 0.29) is 24.6 Å². The molecule has 0 radical (unpaired) electrons. The number of nitrogens with one attached hydrogen (secondary N) is 1. The Morgan fingerprint density at radius 1 is 1.44 bits per heavy atom. The first-order chi connectivity index (χ1) is 8.50. The second-order valence-electron chi connectivity index (χ2n) is 4.78. The smallest absolute Gasteiger partial charge is 0.249 e. The van der Waals surface area contributed by atoms with Gasteiger partial charge in [-0.05, 0) is 23.6 Å². The van der Waals surface area contributed by atoms with Crippen LogP contribution in [-0.2, 0) is 0 Å². The van der Waals surface area contributed by atoms with Crippen LogP contribution in [0.2, 0.25) is 0 Å². The molecule has 0 spiro atoms. The number of anilines is 1. The summed E-state index contributed by atoms with van der Waals surface area (Å²) in [5.41, 5.74) is 1.75. The molecule has 0 aliphatic heterocycles. The van der Waals surface area contributed by atoms with E-state index in [1.54, 1.807) is 0 Å². The Hall–Kier alpha value is -0.870. The van der Waals surface area contributed by atoms with Gasteiger partial charge in [0.1, 0.15) is 0 Å². The van der Waals surface area contributed by atoms with Gasteiger partial charge in [-0.25, -0.2) is 8.78 Å². The highest BCUT2D eigenvalue weighted by Crippen LogP contribution is 2.48. The van der Waals surface area contributed by atoms with E-state index in [2.05, 4.69) is 5.32 Å². The molecular weight excluding hydrogens is 260 g/mol. The van der Waals surface area contributed by atoms with Gasteiger partial charge in [0.2, 0.25) is 5.92 Å². The normalized spacial score (nSPS) is 20.2. The van der Waals surface area contributed by atoms with Crippen molar-refractivity contribution in [2.75, 3.05) is 17.7 Å². The summed E-state index contributed by atoms with van der Waals surface area (Å²) < 4.78 is 25.6. The molecule has 5 heteroatoms. The minimum Gasteiger partial charge on any atom is -0.390 e. The Kier molecular flexibility index (Phi) is 4.07. The van der Waals surface area contributed by atoms with Crippen LogP contribution < -0.4 is 5.32 Å². The zero-order valence-electron chi connectivity index (χ0n) is 9.87. The van der Waals surface area contributed by atoms with Gasteiger partial charge in [-0.1, -0.05) is 12.1 Å². The molecule has 0 heterocycles. The number of halogens is 3. The minimum atomic E-state index is -2.50. The number of rotatable bonds is 5. The summed E-state index contributed by atoms with van der Waals surface area (Å²) >= 11 is 5.49. The minimum absolute atomic E-state index is 0.0558. The summed E-state index contributed by atoms with van der Waals surface area (Å²) in [6.45, 7) is 0.355. The maximum atomic E-state index is 12.8. The fourth-order valence-electron chi connectivity index (χ4n) is 2.09. The topological polar surface area (TPSA) is 32.3 Å². The van der Waals surface area contributed by atoms with Crippen LogP contribution >= 0.6 is 11.6 Å². The Balaban J connectivity index is 1.94. The van der Waals surface area contributed by atoms with E-state index in [1.165, 1.54) is 0 Å².